The summed E-state index contributed by atoms with van der Waals surface area (Å²) in [5, 5.41) is 2.66. The quantitative estimate of drug-likeness (QED) is 0.784. The standard InChI is InChI=1S/C14H22N4O3/c1-15-14(20)12-8-18(7-11(12)9-21-2)13(19)3-5-17-6-4-16-10-17/h4,6,10-12H,3,5,7-9H2,1-2H3,(H,15,20)/t11-,12+/m0/s1. The summed E-state index contributed by atoms with van der Waals surface area (Å²) in [4.78, 5) is 29.9. The van der Waals surface area contributed by atoms with E-state index in [1.54, 1.807) is 31.6 Å². The molecule has 0 unspecified atom stereocenters. The molecule has 0 aliphatic carbocycles. The van der Waals surface area contributed by atoms with Gasteiger partial charge in [-0.3, -0.25) is 9.59 Å². The van der Waals surface area contributed by atoms with Gasteiger partial charge in [-0.05, 0) is 0 Å². The zero-order valence-electron chi connectivity index (χ0n) is 12.5. The van der Waals surface area contributed by atoms with E-state index in [-0.39, 0.29) is 23.7 Å². The van der Waals surface area contributed by atoms with Gasteiger partial charge in [0.1, 0.15) is 0 Å². The van der Waals surface area contributed by atoms with Crippen molar-refractivity contribution in [2.24, 2.45) is 11.8 Å². The average Bonchev–Trinajstić information content (AvgIpc) is 3.14. The molecule has 2 amide bonds. The van der Waals surface area contributed by atoms with Crippen molar-refractivity contribution in [2.45, 2.75) is 13.0 Å². The number of carbonyl (C=O) groups excluding carboxylic acids is 2. The lowest BCUT2D eigenvalue weighted by atomic mass is 9.96. The van der Waals surface area contributed by atoms with Crippen molar-refractivity contribution in [2.75, 3.05) is 33.9 Å². The Morgan fingerprint density at radius 2 is 2.24 bits per heavy atom. The first-order chi connectivity index (χ1) is 10.2. The fourth-order valence-electron chi connectivity index (χ4n) is 2.74. The number of hydrogen-bond acceptors (Lipinski definition) is 4. The predicted octanol–water partition coefficient (Wildman–Crippen LogP) is -0.260. The number of ether oxygens (including phenoxy) is 1. The molecule has 1 aromatic heterocycles. The predicted molar refractivity (Wildman–Crippen MR) is 76.3 cm³/mol. The van der Waals surface area contributed by atoms with Gasteiger partial charge >= 0.3 is 0 Å². The minimum absolute atomic E-state index is 0.0260. The Morgan fingerprint density at radius 3 is 2.86 bits per heavy atom. The summed E-state index contributed by atoms with van der Waals surface area (Å²) in [7, 11) is 3.24. The van der Waals surface area contributed by atoms with E-state index in [0.29, 0.717) is 32.7 Å². The van der Waals surface area contributed by atoms with Crippen LogP contribution < -0.4 is 5.32 Å². The van der Waals surface area contributed by atoms with Crippen LogP contribution in [0.2, 0.25) is 0 Å². The molecule has 0 radical (unpaired) electrons. The molecule has 2 atom stereocenters. The SMILES string of the molecule is CNC(=O)[C@@H]1CN(C(=O)CCn2ccnc2)C[C@H]1COC. The van der Waals surface area contributed by atoms with Crippen molar-refractivity contribution < 1.29 is 14.3 Å². The van der Waals surface area contributed by atoms with E-state index in [1.807, 2.05) is 10.8 Å². The van der Waals surface area contributed by atoms with Gasteiger partial charge in [-0.25, -0.2) is 4.98 Å². The molecule has 0 spiro atoms. The summed E-state index contributed by atoms with van der Waals surface area (Å²) < 4.78 is 7.04. The van der Waals surface area contributed by atoms with Gasteiger partial charge in [0.25, 0.3) is 0 Å². The number of nitrogens with one attached hydrogen (secondary N) is 1. The van der Waals surface area contributed by atoms with Crippen LogP contribution in [0.15, 0.2) is 18.7 Å². The maximum atomic E-state index is 12.3. The zero-order valence-corrected chi connectivity index (χ0v) is 12.5. The number of amides is 2. The molecular weight excluding hydrogens is 272 g/mol. The van der Waals surface area contributed by atoms with Gasteiger partial charge in [-0.1, -0.05) is 0 Å². The minimum atomic E-state index is -0.188. The fourth-order valence-corrected chi connectivity index (χ4v) is 2.74. The Morgan fingerprint density at radius 1 is 1.43 bits per heavy atom. The minimum Gasteiger partial charge on any atom is -0.384 e. The highest BCUT2D eigenvalue weighted by atomic mass is 16.5. The molecular formula is C14H22N4O3. The highest BCUT2D eigenvalue weighted by Crippen LogP contribution is 2.24. The summed E-state index contributed by atoms with van der Waals surface area (Å²) in [6.45, 7) is 2.14. The monoisotopic (exact) mass is 294 g/mol. The first-order valence-electron chi connectivity index (χ1n) is 7.09. The highest BCUT2D eigenvalue weighted by Gasteiger charge is 2.38. The van der Waals surface area contributed by atoms with E-state index in [9.17, 15) is 9.59 Å². The fraction of sp³-hybridized carbons (Fsp3) is 0.643. The smallest absolute Gasteiger partial charge is 0.225 e. The van der Waals surface area contributed by atoms with Gasteiger partial charge in [0.15, 0.2) is 0 Å². The molecule has 7 heteroatoms. The lowest BCUT2D eigenvalue weighted by Gasteiger charge is -2.16. The average molecular weight is 294 g/mol. The molecule has 1 aromatic rings. The van der Waals surface area contributed by atoms with Crippen molar-refractivity contribution in [3.8, 4) is 0 Å². The second-order valence-corrected chi connectivity index (χ2v) is 5.29. The molecule has 21 heavy (non-hydrogen) atoms. The molecule has 2 heterocycles. The van der Waals surface area contributed by atoms with Gasteiger partial charge in [0.2, 0.25) is 11.8 Å². The van der Waals surface area contributed by atoms with Crippen molar-refractivity contribution in [3.05, 3.63) is 18.7 Å². The number of imidazole rings is 1. The Hall–Kier alpha value is -1.89. The summed E-state index contributed by atoms with van der Waals surface area (Å²) in [6, 6.07) is 0. The van der Waals surface area contributed by atoms with E-state index in [0.717, 1.165) is 0 Å². The molecule has 1 aliphatic heterocycles. The lowest BCUT2D eigenvalue weighted by molar-refractivity contribution is -0.130. The van der Waals surface area contributed by atoms with Crippen molar-refractivity contribution in [1.82, 2.24) is 19.8 Å². The summed E-state index contributed by atoms with van der Waals surface area (Å²) in [5.74, 6) is -0.0857. The highest BCUT2D eigenvalue weighted by molar-refractivity contribution is 5.82. The van der Waals surface area contributed by atoms with Crippen molar-refractivity contribution >= 4 is 11.8 Å². The number of carbonyl (C=O) groups is 2. The normalized spacial score (nSPS) is 21.5. The third kappa shape index (κ3) is 3.81. The number of likely N-dealkylation sites (tertiary alicyclic amines) is 1. The molecule has 1 saturated heterocycles. The number of hydrogen-bond donors (Lipinski definition) is 1. The summed E-state index contributed by atoms with van der Waals surface area (Å²) >= 11 is 0. The number of methoxy groups -OCH3 is 1. The third-order valence-electron chi connectivity index (χ3n) is 3.90. The molecule has 1 aliphatic rings. The van der Waals surface area contributed by atoms with E-state index < -0.39 is 0 Å². The van der Waals surface area contributed by atoms with Crippen LogP contribution in [0.1, 0.15) is 6.42 Å². The largest absolute Gasteiger partial charge is 0.384 e. The van der Waals surface area contributed by atoms with Crippen LogP contribution in [-0.4, -0.2) is 60.1 Å². The molecule has 1 N–H and O–H groups in total. The second-order valence-electron chi connectivity index (χ2n) is 5.29. The lowest BCUT2D eigenvalue weighted by Crippen LogP contribution is -2.34. The van der Waals surface area contributed by atoms with E-state index in [2.05, 4.69) is 10.3 Å². The van der Waals surface area contributed by atoms with Gasteiger partial charge < -0.3 is 19.5 Å². The second kappa shape index (κ2) is 7.21. The maximum Gasteiger partial charge on any atom is 0.225 e. The van der Waals surface area contributed by atoms with E-state index in [4.69, 9.17) is 4.74 Å². The molecule has 0 aromatic carbocycles. The van der Waals surface area contributed by atoms with Gasteiger partial charge in [-0.15, -0.1) is 0 Å². The van der Waals surface area contributed by atoms with Gasteiger partial charge in [0, 0.05) is 58.5 Å². The Labute approximate surface area is 124 Å². The van der Waals surface area contributed by atoms with E-state index in [1.165, 1.54) is 0 Å². The number of rotatable bonds is 6. The third-order valence-corrected chi connectivity index (χ3v) is 3.90. The zero-order chi connectivity index (χ0) is 15.2. The Bertz CT molecular complexity index is 475. The van der Waals surface area contributed by atoms with Crippen LogP contribution in [0, 0.1) is 11.8 Å². The molecule has 0 bridgehead atoms. The van der Waals surface area contributed by atoms with Crippen LogP contribution in [0.3, 0.4) is 0 Å². The van der Waals surface area contributed by atoms with Crippen molar-refractivity contribution in [3.63, 3.8) is 0 Å². The Balaban J connectivity index is 1.91. The van der Waals surface area contributed by atoms with Crippen LogP contribution in [0.25, 0.3) is 0 Å². The number of aryl methyl sites for hydroxylation is 1. The van der Waals surface area contributed by atoms with Crippen LogP contribution in [0.4, 0.5) is 0 Å². The van der Waals surface area contributed by atoms with Gasteiger partial charge in [0.05, 0.1) is 18.9 Å². The first kappa shape index (κ1) is 15.5. The summed E-state index contributed by atoms with van der Waals surface area (Å²) in [6.07, 6.45) is 5.63. The van der Waals surface area contributed by atoms with Crippen LogP contribution in [-0.2, 0) is 20.9 Å². The Kier molecular flexibility index (Phi) is 5.32. The summed E-state index contributed by atoms with van der Waals surface area (Å²) in [5.41, 5.74) is 0. The van der Waals surface area contributed by atoms with Crippen LogP contribution >= 0.6 is 0 Å². The topological polar surface area (TPSA) is 76.5 Å². The van der Waals surface area contributed by atoms with Crippen LogP contribution in [0.5, 0.6) is 0 Å². The molecule has 7 nitrogen and oxygen atoms in total. The number of nitrogens with zero attached hydrogens (tertiary/aromatic N) is 3. The van der Waals surface area contributed by atoms with E-state index >= 15 is 0 Å². The van der Waals surface area contributed by atoms with Gasteiger partial charge in [-0.2, -0.15) is 0 Å². The molecule has 0 saturated carbocycles. The molecule has 2 rings (SSSR count). The number of aromatic nitrogens is 2. The molecule has 1 fully saturated rings. The molecule has 116 valence electrons. The first-order valence-corrected chi connectivity index (χ1v) is 7.09. The maximum absolute atomic E-state index is 12.3. The van der Waals surface area contributed by atoms with Crippen molar-refractivity contribution in [1.29, 1.82) is 0 Å².